The Morgan fingerprint density at radius 3 is 2.53 bits per heavy atom. The highest BCUT2D eigenvalue weighted by atomic mass is 19.2. The van der Waals surface area contributed by atoms with Crippen LogP contribution >= 0.6 is 0 Å². The fourth-order valence-electron chi connectivity index (χ4n) is 1.28. The van der Waals surface area contributed by atoms with E-state index < -0.39 is 17.5 Å². The number of carbonyl (C=O) groups excluding carboxylic acids is 1. The number of amides is 1. The van der Waals surface area contributed by atoms with Gasteiger partial charge in [-0.3, -0.25) is 4.79 Å². The third kappa shape index (κ3) is 4.48. The van der Waals surface area contributed by atoms with E-state index in [-0.39, 0.29) is 5.56 Å². The minimum atomic E-state index is -1.02. The number of carbonyl (C=O) groups is 1. The zero-order valence-corrected chi connectivity index (χ0v) is 9.89. The molecule has 1 amide bonds. The van der Waals surface area contributed by atoms with Crippen LogP contribution in [0.3, 0.4) is 0 Å². The Morgan fingerprint density at radius 1 is 1.24 bits per heavy atom. The molecule has 0 spiro atoms. The van der Waals surface area contributed by atoms with Crippen LogP contribution in [0, 0.1) is 11.6 Å². The number of benzene rings is 1. The van der Waals surface area contributed by atoms with E-state index in [1.807, 2.05) is 13.8 Å². The largest absolute Gasteiger partial charge is 0.351 e. The molecule has 0 fully saturated rings. The Balaban J connectivity index is 2.44. The molecule has 2 N–H and O–H groups in total. The predicted octanol–water partition coefficient (Wildman–Crippen LogP) is 1.69. The number of hydrogen-bond donors (Lipinski definition) is 2. The molecule has 5 heteroatoms. The molecule has 17 heavy (non-hydrogen) atoms. The van der Waals surface area contributed by atoms with Gasteiger partial charge in [-0.1, -0.05) is 13.8 Å². The van der Waals surface area contributed by atoms with Crippen molar-refractivity contribution in [1.82, 2.24) is 10.6 Å². The van der Waals surface area contributed by atoms with E-state index in [9.17, 15) is 13.6 Å². The molecule has 94 valence electrons. The van der Waals surface area contributed by atoms with Gasteiger partial charge in [-0.2, -0.15) is 0 Å². The van der Waals surface area contributed by atoms with E-state index in [1.165, 1.54) is 6.07 Å². The van der Waals surface area contributed by atoms with Crippen molar-refractivity contribution in [2.24, 2.45) is 0 Å². The highest BCUT2D eigenvalue weighted by Crippen LogP contribution is 2.08. The monoisotopic (exact) mass is 242 g/mol. The lowest BCUT2D eigenvalue weighted by atomic mass is 10.2. The van der Waals surface area contributed by atoms with Crippen molar-refractivity contribution in [3.63, 3.8) is 0 Å². The topological polar surface area (TPSA) is 41.1 Å². The van der Waals surface area contributed by atoms with Crippen molar-refractivity contribution in [2.45, 2.75) is 19.9 Å². The van der Waals surface area contributed by atoms with Crippen LogP contribution in [-0.4, -0.2) is 25.0 Å². The molecule has 0 saturated heterocycles. The molecule has 0 radical (unpaired) electrons. The van der Waals surface area contributed by atoms with Crippen LogP contribution in [0.4, 0.5) is 8.78 Å². The molecular weight excluding hydrogens is 226 g/mol. The summed E-state index contributed by atoms with van der Waals surface area (Å²) in [4.78, 5) is 11.5. The summed E-state index contributed by atoms with van der Waals surface area (Å²) < 4.78 is 25.5. The summed E-state index contributed by atoms with van der Waals surface area (Å²) in [5, 5.41) is 5.73. The Hall–Kier alpha value is -1.49. The first kappa shape index (κ1) is 13.6. The maximum Gasteiger partial charge on any atom is 0.251 e. The van der Waals surface area contributed by atoms with Gasteiger partial charge in [-0.15, -0.1) is 0 Å². The van der Waals surface area contributed by atoms with Gasteiger partial charge in [0.2, 0.25) is 0 Å². The molecule has 0 aromatic heterocycles. The first-order valence-corrected chi connectivity index (χ1v) is 5.47. The molecule has 0 heterocycles. The van der Waals surface area contributed by atoms with Crippen LogP contribution in [0.5, 0.6) is 0 Å². The third-order valence-electron chi connectivity index (χ3n) is 2.14. The maximum absolute atomic E-state index is 12.9. The minimum Gasteiger partial charge on any atom is -0.351 e. The van der Waals surface area contributed by atoms with E-state index in [4.69, 9.17) is 0 Å². The van der Waals surface area contributed by atoms with Gasteiger partial charge in [0.25, 0.3) is 5.91 Å². The van der Waals surface area contributed by atoms with Gasteiger partial charge in [-0.25, -0.2) is 8.78 Å². The molecule has 1 aromatic carbocycles. The minimum absolute atomic E-state index is 0.119. The second-order valence-corrected chi connectivity index (χ2v) is 3.99. The zero-order valence-electron chi connectivity index (χ0n) is 9.89. The maximum atomic E-state index is 12.9. The van der Waals surface area contributed by atoms with Crippen molar-refractivity contribution < 1.29 is 13.6 Å². The number of hydrogen-bond acceptors (Lipinski definition) is 2. The molecule has 0 saturated carbocycles. The molecule has 0 aliphatic rings. The predicted molar refractivity (Wildman–Crippen MR) is 61.8 cm³/mol. The molecule has 0 bridgehead atoms. The molecule has 0 aliphatic heterocycles. The molecule has 1 aromatic rings. The van der Waals surface area contributed by atoms with Crippen LogP contribution in [0.15, 0.2) is 18.2 Å². The smallest absolute Gasteiger partial charge is 0.251 e. The third-order valence-corrected chi connectivity index (χ3v) is 2.14. The Bertz CT molecular complexity index is 394. The molecule has 0 aliphatic carbocycles. The summed E-state index contributed by atoms with van der Waals surface area (Å²) in [6.07, 6.45) is 0. The molecule has 0 atom stereocenters. The average Bonchev–Trinajstić information content (AvgIpc) is 2.27. The zero-order chi connectivity index (χ0) is 12.8. The molecule has 1 rings (SSSR count). The fraction of sp³-hybridized carbons (Fsp3) is 0.417. The summed E-state index contributed by atoms with van der Waals surface area (Å²) in [6.45, 7) is 5.07. The van der Waals surface area contributed by atoms with Gasteiger partial charge >= 0.3 is 0 Å². The summed E-state index contributed by atoms with van der Waals surface area (Å²) in [7, 11) is 0. The second kappa shape index (κ2) is 6.30. The summed E-state index contributed by atoms with van der Waals surface area (Å²) in [6, 6.07) is 3.43. The highest BCUT2D eigenvalue weighted by Gasteiger charge is 2.08. The Morgan fingerprint density at radius 2 is 1.94 bits per heavy atom. The lowest BCUT2D eigenvalue weighted by molar-refractivity contribution is 0.0953. The van der Waals surface area contributed by atoms with E-state index in [2.05, 4.69) is 10.6 Å². The van der Waals surface area contributed by atoms with Crippen molar-refractivity contribution in [1.29, 1.82) is 0 Å². The highest BCUT2D eigenvalue weighted by molar-refractivity contribution is 5.94. The number of nitrogens with one attached hydrogen (secondary N) is 2. The van der Waals surface area contributed by atoms with Gasteiger partial charge in [-0.05, 0) is 18.2 Å². The first-order chi connectivity index (χ1) is 8.00. The van der Waals surface area contributed by atoms with Gasteiger partial charge in [0, 0.05) is 24.7 Å². The van der Waals surface area contributed by atoms with Gasteiger partial charge in [0.1, 0.15) is 0 Å². The van der Waals surface area contributed by atoms with Crippen LogP contribution in [0.2, 0.25) is 0 Å². The summed E-state index contributed by atoms with van der Waals surface area (Å²) >= 11 is 0. The Kier molecular flexibility index (Phi) is 5.03. The lowest BCUT2D eigenvalue weighted by Crippen LogP contribution is -2.34. The summed E-state index contributed by atoms with van der Waals surface area (Å²) in [5.41, 5.74) is 0.119. The first-order valence-electron chi connectivity index (χ1n) is 5.47. The fourth-order valence-corrected chi connectivity index (χ4v) is 1.28. The van der Waals surface area contributed by atoms with Crippen molar-refractivity contribution in [3.05, 3.63) is 35.4 Å². The van der Waals surface area contributed by atoms with E-state index in [0.717, 1.165) is 12.1 Å². The van der Waals surface area contributed by atoms with Crippen LogP contribution in [0.1, 0.15) is 24.2 Å². The molecule has 3 nitrogen and oxygen atoms in total. The van der Waals surface area contributed by atoms with Gasteiger partial charge in [0.05, 0.1) is 0 Å². The second-order valence-electron chi connectivity index (χ2n) is 3.99. The molecular formula is C12H16F2N2O. The lowest BCUT2D eigenvalue weighted by Gasteiger charge is -2.09. The number of halogens is 2. The van der Waals surface area contributed by atoms with Crippen molar-refractivity contribution >= 4 is 5.91 Å². The van der Waals surface area contributed by atoms with Crippen LogP contribution in [-0.2, 0) is 0 Å². The van der Waals surface area contributed by atoms with Crippen molar-refractivity contribution in [3.8, 4) is 0 Å². The SMILES string of the molecule is CC(C)NCCNC(=O)c1ccc(F)c(F)c1. The average molecular weight is 242 g/mol. The van der Waals surface area contributed by atoms with Crippen LogP contribution in [0.25, 0.3) is 0 Å². The standard InChI is InChI=1S/C12H16F2N2O/c1-8(2)15-5-6-16-12(17)9-3-4-10(13)11(14)7-9/h3-4,7-8,15H,5-6H2,1-2H3,(H,16,17). The number of rotatable bonds is 5. The summed E-state index contributed by atoms with van der Waals surface area (Å²) in [5.74, 6) is -2.38. The van der Waals surface area contributed by atoms with E-state index in [0.29, 0.717) is 19.1 Å². The van der Waals surface area contributed by atoms with Gasteiger partial charge in [0.15, 0.2) is 11.6 Å². The Labute approximate surface area is 99.2 Å². The normalized spacial score (nSPS) is 10.6. The van der Waals surface area contributed by atoms with Gasteiger partial charge < -0.3 is 10.6 Å². The molecule has 0 unspecified atom stereocenters. The van der Waals surface area contributed by atoms with E-state index >= 15 is 0 Å². The van der Waals surface area contributed by atoms with E-state index in [1.54, 1.807) is 0 Å². The van der Waals surface area contributed by atoms with Crippen molar-refractivity contribution in [2.75, 3.05) is 13.1 Å². The van der Waals surface area contributed by atoms with Crippen LogP contribution < -0.4 is 10.6 Å². The quantitative estimate of drug-likeness (QED) is 0.771.